The smallest absolute Gasteiger partial charge is 0.133 e. The van der Waals surface area contributed by atoms with Crippen molar-refractivity contribution in [3.05, 3.63) is 52.4 Å². The van der Waals surface area contributed by atoms with Gasteiger partial charge >= 0.3 is 0 Å². The largest absolute Gasteiger partial charge is 0.356 e. The Hall–Kier alpha value is -2.09. The van der Waals surface area contributed by atoms with Gasteiger partial charge < -0.3 is 4.90 Å². The van der Waals surface area contributed by atoms with Gasteiger partial charge in [0, 0.05) is 47.4 Å². The van der Waals surface area contributed by atoms with Crippen LogP contribution in [0.5, 0.6) is 0 Å². The Labute approximate surface area is 173 Å². The monoisotopic (exact) mass is 396 g/mol. The molecule has 148 valence electrons. The number of nitrogens with zero attached hydrogens (tertiary/aromatic N) is 4. The molecule has 0 amide bonds. The van der Waals surface area contributed by atoms with Gasteiger partial charge in [-0.3, -0.25) is 4.90 Å². The minimum Gasteiger partial charge on any atom is -0.356 e. The van der Waals surface area contributed by atoms with Gasteiger partial charge in [0.15, 0.2) is 0 Å². The Kier molecular flexibility index (Phi) is 6.93. The fourth-order valence-corrected chi connectivity index (χ4v) is 3.58. The van der Waals surface area contributed by atoms with Gasteiger partial charge in [-0.1, -0.05) is 37.3 Å². The predicted octanol–water partition coefficient (Wildman–Crippen LogP) is 4.51. The van der Waals surface area contributed by atoms with E-state index in [0.29, 0.717) is 12.0 Å². The van der Waals surface area contributed by atoms with Crippen molar-refractivity contribution in [1.82, 2.24) is 14.9 Å². The fourth-order valence-electron chi connectivity index (χ4n) is 3.46. The van der Waals surface area contributed by atoms with E-state index >= 15 is 0 Å². The zero-order valence-corrected chi connectivity index (χ0v) is 18.0. The molecule has 0 radical (unpaired) electrons. The molecule has 1 aromatic heterocycles. The third-order valence-electron chi connectivity index (χ3n) is 5.19. The van der Waals surface area contributed by atoms with E-state index in [4.69, 9.17) is 16.6 Å². The Morgan fingerprint density at radius 1 is 1.18 bits per heavy atom. The van der Waals surface area contributed by atoms with E-state index in [1.165, 1.54) is 0 Å². The van der Waals surface area contributed by atoms with Crippen molar-refractivity contribution in [1.29, 1.82) is 0 Å². The molecule has 3 rings (SSSR count). The van der Waals surface area contributed by atoms with Crippen molar-refractivity contribution in [2.24, 2.45) is 0 Å². The van der Waals surface area contributed by atoms with Crippen molar-refractivity contribution in [3.8, 4) is 11.8 Å². The summed E-state index contributed by atoms with van der Waals surface area (Å²) < 4.78 is 0. The molecule has 5 heteroatoms. The van der Waals surface area contributed by atoms with Gasteiger partial charge in [-0.15, -0.1) is 0 Å². The molecule has 1 fully saturated rings. The van der Waals surface area contributed by atoms with Crippen LogP contribution >= 0.6 is 11.6 Å². The van der Waals surface area contributed by atoms with E-state index in [0.717, 1.165) is 60.4 Å². The van der Waals surface area contributed by atoms with Crippen molar-refractivity contribution < 1.29 is 0 Å². The Bertz CT molecular complexity index is 843. The van der Waals surface area contributed by atoms with E-state index in [-0.39, 0.29) is 0 Å². The summed E-state index contributed by atoms with van der Waals surface area (Å²) in [7, 11) is 2.17. The summed E-state index contributed by atoms with van der Waals surface area (Å²) in [4.78, 5) is 14.1. The summed E-state index contributed by atoms with van der Waals surface area (Å²) in [6.45, 7) is 9.16. The summed E-state index contributed by atoms with van der Waals surface area (Å²) in [5, 5.41) is 0.744. The lowest BCUT2D eigenvalue weighted by molar-refractivity contribution is 0.230. The SMILES string of the molecule is Cc1cc(N2CCC(N(C)CC#Cc3ccc(Cl)cc3)CC2)nc(C(C)C)n1. The van der Waals surface area contributed by atoms with E-state index in [2.05, 4.69) is 60.5 Å². The fraction of sp³-hybridized carbons (Fsp3) is 0.478. The molecule has 28 heavy (non-hydrogen) atoms. The van der Waals surface area contributed by atoms with Crippen LogP contribution in [0.3, 0.4) is 0 Å². The van der Waals surface area contributed by atoms with Crippen LogP contribution in [0, 0.1) is 18.8 Å². The second-order valence-corrected chi connectivity index (χ2v) is 8.26. The molecule has 0 unspecified atom stereocenters. The molecule has 0 N–H and O–H groups in total. The molecular formula is C23H29ClN4. The number of benzene rings is 1. The Balaban J connectivity index is 1.54. The molecular weight excluding hydrogens is 368 g/mol. The van der Waals surface area contributed by atoms with Gasteiger partial charge in [0.25, 0.3) is 0 Å². The first kappa shape index (κ1) is 20.6. The maximum Gasteiger partial charge on any atom is 0.133 e. The van der Waals surface area contributed by atoms with Crippen molar-refractivity contribution in [2.45, 2.75) is 45.6 Å². The molecule has 1 aromatic carbocycles. The lowest BCUT2D eigenvalue weighted by Crippen LogP contribution is -2.43. The Morgan fingerprint density at radius 2 is 1.86 bits per heavy atom. The van der Waals surface area contributed by atoms with Crippen LogP contribution in [-0.2, 0) is 0 Å². The van der Waals surface area contributed by atoms with Gasteiger partial charge in [-0.05, 0) is 51.1 Å². The molecule has 0 atom stereocenters. The van der Waals surface area contributed by atoms with Crippen LogP contribution in [0.2, 0.25) is 5.02 Å². The van der Waals surface area contributed by atoms with E-state index in [1.54, 1.807) is 0 Å². The van der Waals surface area contributed by atoms with E-state index in [9.17, 15) is 0 Å². The van der Waals surface area contributed by atoms with Gasteiger partial charge in [-0.25, -0.2) is 9.97 Å². The molecule has 2 aromatic rings. The highest BCUT2D eigenvalue weighted by Gasteiger charge is 2.23. The highest BCUT2D eigenvalue weighted by atomic mass is 35.5. The second kappa shape index (κ2) is 9.41. The van der Waals surface area contributed by atoms with Crippen LogP contribution in [0.1, 0.15) is 49.7 Å². The van der Waals surface area contributed by atoms with Crippen molar-refractivity contribution in [2.75, 3.05) is 31.6 Å². The van der Waals surface area contributed by atoms with Gasteiger partial charge in [0.05, 0.1) is 6.54 Å². The summed E-state index contributed by atoms with van der Waals surface area (Å²) in [5.74, 6) is 8.86. The quantitative estimate of drug-likeness (QED) is 0.711. The van der Waals surface area contributed by atoms with Crippen molar-refractivity contribution >= 4 is 17.4 Å². The normalized spacial score (nSPS) is 15.0. The number of piperidine rings is 1. The lowest BCUT2D eigenvalue weighted by atomic mass is 10.0. The number of halogens is 1. The lowest BCUT2D eigenvalue weighted by Gasteiger charge is -2.36. The molecule has 2 heterocycles. The van der Waals surface area contributed by atoms with Crippen LogP contribution in [0.25, 0.3) is 0 Å². The number of rotatable bonds is 4. The van der Waals surface area contributed by atoms with Crippen molar-refractivity contribution in [3.63, 3.8) is 0 Å². The maximum atomic E-state index is 5.92. The number of hydrogen-bond donors (Lipinski definition) is 0. The molecule has 4 nitrogen and oxygen atoms in total. The van der Waals surface area contributed by atoms with Gasteiger partial charge in [0.1, 0.15) is 11.6 Å². The summed E-state index contributed by atoms with van der Waals surface area (Å²) >= 11 is 5.92. The standard InChI is InChI=1S/C23H29ClN4/c1-17(2)23-25-18(3)16-22(26-23)28-14-11-21(12-15-28)27(4)13-5-6-19-7-9-20(24)10-8-19/h7-10,16-17,21H,11-15H2,1-4H3. The summed E-state index contributed by atoms with van der Waals surface area (Å²) in [6.07, 6.45) is 2.25. The molecule has 1 saturated heterocycles. The number of aryl methyl sites for hydroxylation is 1. The first-order valence-electron chi connectivity index (χ1n) is 9.97. The minimum atomic E-state index is 0.349. The van der Waals surface area contributed by atoms with E-state index < -0.39 is 0 Å². The summed E-state index contributed by atoms with van der Waals surface area (Å²) in [6, 6.07) is 10.3. The minimum absolute atomic E-state index is 0.349. The summed E-state index contributed by atoms with van der Waals surface area (Å²) in [5.41, 5.74) is 2.05. The first-order chi connectivity index (χ1) is 13.4. The molecule has 1 aliphatic heterocycles. The topological polar surface area (TPSA) is 32.3 Å². The molecule has 0 aliphatic carbocycles. The third-order valence-corrected chi connectivity index (χ3v) is 5.44. The zero-order valence-electron chi connectivity index (χ0n) is 17.2. The molecule has 1 aliphatic rings. The Morgan fingerprint density at radius 3 is 2.50 bits per heavy atom. The maximum absolute atomic E-state index is 5.92. The number of aromatic nitrogens is 2. The highest BCUT2D eigenvalue weighted by Crippen LogP contribution is 2.22. The van der Waals surface area contributed by atoms with E-state index in [1.807, 2.05) is 24.3 Å². The predicted molar refractivity (Wildman–Crippen MR) is 117 cm³/mol. The van der Waals surface area contributed by atoms with Gasteiger partial charge in [0.2, 0.25) is 0 Å². The average Bonchev–Trinajstić information content (AvgIpc) is 2.69. The van der Waals surface area contributed by atoms with Crippen LogP contribution in [-0.4, -0.2) is 47.6 Å². The highest BCUT2D eigenvalue weighted by molar-refractivity contribution is 6.30. The third kappa shape index (κ3) is 5.47. The second-order valence-electron chi connectivity index (χ2n) is 7.82. The zero-order chi connectivity index (χ0) is 20.1. The molecule has 0 bridgehead atoms. The van der Waals surface area contributed by atoms with Crippen LogP contribution < -0.4 is 4.90 Å². The first-order valence-corrected chi connectivity index (χ1v) is 10.4. The van der Waals surface area contributed by atoms with Crippen LogP contribution in [0.15, 0.2) is 30.3 Å². The number of hydrogen-bond acceptors (Lipinski definition) is 4. The molecule has 0 spiro atoms. The molecule has 0 saturated carbocycles. The number of anilines is 1. The van der Waals surface area contributed by atoms with Crippen LogP contribution in [0.4, 0.5) is 5.82 Å². The average molecular weight is 397 g/mol. The van der Waals surface area contributed by atoms with Gasteiger partial charge in [-0.2, -0.15) is 0 Å².